The zero-order valence-electron chi connectivity index (χ0n) is 34.8. The third-order valence-corrected chi connectivity index (χ3v) is 17.5. The van der Waals surface area contributed by atoms with Crippen LogP contribution in [0.5, 0.6) is 0 Å². The Bertz CT molecular complexity index is 1470. The van der Waals surface area contributed by atoms with Gasteiger partial charge >= 0.3 is 17.9 Å². The molecule has 306 valence electrons. The normalized spacial score (nSPS) is 41.4. The number of aliphatic carboxylic acids is 1. The molecule has 6 aliphatic rings. The smallest absolute Gasteiger partial charge is 0.320 e. The number of halogens is 2. The molecule has 1 unspecified atom stereocenters. The van der Waals surface area contributed by atoms with Crippen LogP contribution in [-0.2, 0) is 23.9 Å². The van der Waals surface area contributed by atoms with Crippen LogP contribution in [-0.4, -0.2) is 66.2 Å². The summed E-state index contributed by atoms with van der Waals surface area (Å²) in [7, 11) is 0. The minimum absolute atomic E-state index is 0.0637. The lowest BCUT2D eigenvalue weighted by Gasteiger charge is -2.73. The second-order valence-corrected chi connectivity index (χ2v) is 21.4. The molecule has 54 heavy (non-hydrogen) atoms. The van der Waals surface area contributed by atoms with E-state index in [0.29, 0.717) is 36.2 Å². The van der Waals surface area contributed by atoms with Gasteiger partial charge in [0.2, 0.25) is 0 Å². The lowest BCUT2D eigenvalue weighted by Crippen LogP contribution is -2.66. The summed E-state index contributed by atoms with van der Waals surface area (Å²) < 4.78 is 39.5. The van der Waals surface area contributed by atoms with Gasteiger partial charge in [-0.1, -0.05) is 60.6 Å². The topological polar surface area (TPSA) is 93.1 Å². The van der Waals surface area contributed by atoms with Crippen LogP contribution < -0.4 is 0 Å². The van der Waals surface area contributed by atoms with Crippen LogP contribution in [0.15, 0.2) is 12.2 Å². The Morgan fingerprint density at radius 2 is 1.50 bits per heavy atom. The van der Waals surface area contributed by atoms with Gasteiger partial charge in [0.15, 0.2) is 0 Å². The summed E-state index contributed by atoms with van der Waals surface area (Å²) in [6.07, 6.45) is 11.5. The van der Waals surface area contributed by atoms with Crippen molar-refractivity contribution in [2.45, 2.75) is 164 Å². The molecule has 5 saturated carbocycles. The molecule has 0 amide bonds. The molecule has 0 bridgehead atoms. The van der Waals surface area contributed by atoms with Gasteiger partial charge in [0.1, 0.15) is 6.10 Å². The fraction of sp³-hybridized carbons (Fsp3) is 0.889. The van der Waals surface area contributed by atoms with Gasteiger partial charge in [-0.25, -0.2) is 8.78 Å². The number of hydrogen-bond acceptors (Lipinski definition) is 6. The van der Waals surface area contributed by atoms with Crippen molar-refractivity contribution in [2.75, 3.05) is 26.2 Å². The highest BCUT2D eigenvalue weighted by Crippen LogP contribution is 2.78. The van der Waals surface area contributed by atoms with Crippen molar-refractivity contribution in [3.63, 3.8) is 0 Å². The summed E-state index contributed by atoms with van der Waals surface area (Å²) in [5.74, 6) is -1.55. The number of carboxylic acids is 1. The van der Waals surface area contributed by atoms with Crippen molar-refractivity contribution in [1.82, 2.24) is 4.90 Å². The average Bonchev–Trinajstić information content (AvgIpc) is 3.43. The van der Waals surface area contributed by atoms with E-state index >= 15 is 0 Å². The summed E-state index contributed by atoms with van der Waals surface area (Å²) in [4.78, 5) is 39.3. The van der Waals surface area contributed by atoms with Crippen molar-refractivity contribution in [1.29, 1.82) is 0 Å². The molecule has 1 saturated heterocycles. The predicted octanol–water partition coefficient (Wildman–Crippen LogP) is 10.1. The van der Waals surface area contributed by atoms with Crippen LogP contribution in [0, 0.1) is 62.1 Å². The van der Waals surface area contributed by atoms with Crippen LogP contribution in [0.3, 0.4) is 0 Å². The summed E-state index contributed by atoms with van der Waals surface area (Å²) in [6.45, 7) is 23.8. The maximum absolute atomic E-state index is 13.7. The van der Waals surface area contributed by atoms with E-state index in [4.69, 9.17) is 9.47 Å². The summed E-state index contributed by atoms with van der Waals surface area (Å²) >= 11 is 0. The number of likely N-dealkylation sites (tertiary alicyclic amines) is 1. The number of carbonyl (C=O) groups is 3. The van der Waals surface area contributed by atoms with E-state index in [1.165, 1.54) is 24.8 Å². The molecular weight excluding hydrogens is 688 g/mol. The largest absolute Gasteiger partial charge is 0.481 e. The van der Waals surface area contributed by atoms with Crippen LogP contribution in [0.25, 0.3) is 0 Å². The standard InChI is InChI=1S/C45H71F2NO6/c1-29(2)30-12-17-44(22-25-53-37(52)28-48-23-20-45(46,47)21-24-48)19-18-42(8)31(38(30)44)10-11-33-41(7)15-14-34(40(5,6)32(41)13-16-43(33,42)9)54-36(51)27-39(3,4)26-35(49)50/h30-34,38H,1,10-28H2,2-9H3,(H,49,50)/t30-,31+,32?,33+,34-,38+,41-,42+,43+,44+/m0/s1. The Balaban J connectivity index is 1.16. The number of ether oxygens (including phenoxy) is 2. The number of allylic oxidation sites excluding steroid dienone is 1. The molecule has 0 spiro atoms. The number of nitrogens with zero attached hydrogens (tertiary/aromatic N) is 1. The average molecular weight is 760 g/mol. The van der Waals surface area contributed by atoms with Crippen LogP contribution in [0.2, 0.25) is 0 Å². The Morgan fingerprint density at radius 1 is 0.815 bits per heavy atom. The van der Waals surface area contributed by atoms with Gasteiger partial charge in [-0.15, -0.1) is 0 Å². The summed E-state index contributed by atoms with van der Waals surface area (Å²) in [5.41, 5.74) is 1.04. The first-order valence-electron chi connectivity index (χ1n) is 21.3. The maximum Gasteiger partial charge on any atom is 0.320 e. The van der Waals surface area contributed by atoms with Gasteiger partial charge in [0.05, 0.1) is 26.0 Å². The first-order valence-corrected chi connectivity index (χ1v) is 21.3. The van der Waals surface area contributed by atoms with Gasteiger partial charge in [-0.2, -0.15) is 0 Å². The molecule has 1 N–H and O–H groups in total. The quantitative estimate of drug-likeness (QED) is 0.166. The SMILES string of the molecule is C=C(C)[C@@H]1CC[C@]2(CCOC(=O)CN3CCC(F)(F)CC3)CC[C@]3(C)[C@H](CC[C@@H]4[C@@]5(C)CC[C@H](OC(=O)CC(C)(C)CC(=O)O)C(C)(C)C5CC[C@]43C)[C@@H]12. The van der Waals surface area contributed by atoms with Gasteiger partial charge in [-0.05, 0) is 134 Å². The van der Waals surface area contributed by atoms with Crippen molar-refractivity contribution in [3.8, 4) is 0 Å². The van der Waals surface area contributed by atoms with Crippen molar-refractivity contribution in [3.05, 3.63) is 12.2 Å². The van der Waals surface area contributed by atoms with E-state index in [1.54, 1.807) is 4.90 Å². The summed E-state index contributed by atoms with van der Waals surface area (Å²) in [5, 5.41) is 9.35. The molecule has 1 aliphatic heterocycles. The minimum atomic E-state index is -2.63. The van der Waals surface area contributed by atoms with E-state index in [-0.39, 0.29) is 90.4 Å². The lowest BCUT2D eigenvalue weighted by molar-refractivity contribution is -0.251. The van der Waals surface area contributed by atoms with E-state index in [2.05, 4.69) is 48.1 Å². The highest BCUT2D eigenvalue weighted by molar-refractivity contribution is 5.73. The molecule has 5 aliphatic carbocycles. The van der Waals surface area contributed by atoms with Crippen molar-refractivity contribution < 1.29 is 37.7 Å². The monoisotopic (exact) mass is 760 g/mol. The molecule has 9 heteroatoms. The van der Waals surface area contributed by atoms with Crippen LogP contribution in [0.4, 0.5) is 8.78 Å². The van der Waals surface area contributed by atoms with Crippen molar-refractivity contribution in [2.24, 2.45) is 62.1 Å². The van der Waals surface area contributed by atoms with E-state index < -0.39 is 17.3 Å². The Morgan fingerprint density at radius 3 is 2.15 bits per heavy atom. The van der Waals surface area contributed by atoms with Gasteiger partial charge in [0.25, 0.3) is 5.92 Å². The fourth-order valence-electron chi connectivity index (χ4n) is 14.6. The van der Waals surface area contributed by atoms with Gasteiger partial charge in [0, 0.05) is 31.3 Å². The van der Waals surface area contributed by atoms with Gasteiger partial charge in [-0.3, -0.25) is 19.3 Å². The Hall–Kier alpha value is -2.03. The third kappa shape index (κ3) is 7.32. The van der Waals surface area contributed by atoms with Crippen LogP contribution >= 0.6 is 0 Å². The molecule has 6 rings (SSSR count). The number of piperidine rings is 1. The Labute approximate surface area is 324 Å². The number of hydrogen-bond donors (Lipinski definition) is 1. The maximum atomic E-state index is 13.7. The van der Waals surface area contributed by atoms with E-state index in [0.717, 1.165) is 51.4 Å². The second kappa shape index (κ2) is 14.4. The minimum Gasteiger partial charge on any atom is -0.481 e. The molecule has 0 aromatic rings. The molecule has 1 heterocycles. The number of esters is 2. The number of rotatable bonds is 11. The highest BCUT2D eigenvalue weighted by atomic mass is 19.3. The molecule has 10 atom stereocenters. The second-order valence-electron chi connectivity index (χ2n) is 21.4. The number of carboxylic acid groups (broad SMARTS) is 1. The molecular formula is C45H71F2NO6. The van der Waals surface area contributed by atoms with Crippen LogP contribution in [0.1, 0.15) is 152 Å². The number of fused-ring (bicyclic) bond motifs is 7. The molecule has 0 aromatic heterocycles. The third-order valence-electron chi connectivity index (χ3n) is 17.5. The summed E-state index contributed by atoms with van der Waals surface area (Å²) in [6, 6.07) is 0. The number of carbonyl (C=O) groups excluding carboxylic acids is 2. The molecule has 0 radical (unpaired) electrons. The lowest BCUT2D eigenvalue weighted by atomic mass is 9.32. The van der Waals surface area contributed by atoms with E-state index in [1.807, 2.05) is 13.8 Å². The Kier molecular flexibility index (Phi) is 11.1. The van der Waals surface area contributed by atoms with Crippen molar-refractivity contribution >= 4 is 17.9 Å². The van der Waals surface area contributed by atoms with E-state index in [9.17, 15) is 28.3 Å². The fourth-order valence-corrected chi connectivity index (χ4v) is 14.6. The zero-order chi connectivity index (χ0) is 39.7. The highest BCUT2D eigenvalue weighted by Gasteiger charge is 2.71. The first kappa shape index (κ1) is 41.6. The predicted molar refractivity (Wildman–Crippen MR) is 206 cm³/mol. The van der Waals surface area contributed by atoms with Gasteiger partial charge < -0.3 is 14.6 Å². The first-order chi connectivity index (χ1) is 25.0. The molecule has 0 aromatic carbocycles. The zero-order valence-corrected chi connectivity index (χ0v) is 34.8. The molecule has 7 nitrogen and oxygen atoms in total. The number of alkyl halides is 2. The molecule has 6 fully saturated rings.